The Morgan fingerprint density at radius 3 is 2.35 bits per heavy atom. The summed E-state index contributed by atoms with van der Waals surface area (Å²) in [5.41, 5.74) is -0.225. The number of methoxy groups -OCH3 is 2. The number of anilines is 1. The first kappa shape index (κ1) is 22.9. The topological polar surface area (TPSA) is 73.1 Å². The third-order valence-corrected chi connectivity index (χ3v) is 4.95. The van der Waals surface area contributed by atoms with E-state index >= 15 is 0 Å². The number of carbonyl (C=O) groups is 1. The van der Waals surface area contributed by atoms with E-state index in [-0.39, 0.29) is 16.8 Å². The van der Waals surface area contributed by atoms with E-state index in [0.717, 1.165) is 12.1 Å². The molecule has 0 spiro atoms. The van der Waals surface area contributed by atoms with Gasteiger partial charge in [0.25, 0.3) is 5.91 Å². The Bertz CT molecular complexity index is 1410. The van der Waals surface area contributed by atoms with Crippen molar-refractivity contribution >= 4 is 28.3 Å². The first-order valence-corrected chi connectivity index (χ1v) is 10.1. The van der Waals surface area contributed by atoms with Crippen molar-refractivity contribution in [2.24, 2.45) is 4.99 Å². The van der Waals surface area contributed by atoms with Crippen molar-refractivity contribution in [1.82, 2.24) is 0 Å². The highest BCUT2D eigenvalue weighted by molar-refractivity contribution is 6.05. The minimum absolute atomic E-state index is 0.0219. The lowest BCUT2D eigenvalue weighted by Crippen LogP contribution is -2.21. The normalized spacial score (nSPS) is 12.0. The first-order valence-electron chi connectivity index (χ1n) is 10.1. The standard InChI is InChI=1S/C25H19F3N2O4/c1-32-19-11-9-17(10-12-19)29-23(31)20-13-15-5-3-8-21(33-2)22(15)34-24(20)30-18-7-4-6-16(14-18)25(26,27)28/h3-14H,1-2H3,(H,29,31). The summed E-state index contributed by atoms with van der Waals surface area (Å²) in [6, 6.07) is 17.8. The number of amides is 1. The lowest BCUT2D eigenvalue weighted by molar-refractivity contribution is -0.137. The third kappa shape index (κ3) is 4.88. The Morgan fingerprint density at radius 1 is 0.941 bits per heavy atom. The van der Waals surface area contributed by atoms with Crippen LogP contribution < -0.4 is 20.3 Å². The summed E-state index contributed by atoms with van der Waals surface area (Å²) in [5.74, 6) is 0.454. The van der Waals surface area contributed by atoms with Gasteiger partial charge < -0.3 is 19.2 Å². The van der Waals surface area contributed by atoms with Crippen LogP contribution >= 0.6 is 0 Å². The van der Waals surface area contributed by atoms with Gasteiger partial charge in [-0.25, -0.2) is 4.99 Å². The van der Waals surface area contributed by atoms with Crippen molar-refractivity contribution in [2.45, 2.75) is 6.18 Å². The summed E-state index contributed by atoms with van der Waals surface area (Å²) in [6.07, 6.45) is -4.54. The van der Waals surface area contributed by atoms with Gasteiger partial charge in [-0.05, 0) is 54.6 Å². The van der Waals surface area contributed by atoms with E-state index in [9.17, 15) is 18.0 Å². The lowest BCUT2D eigenvalue weighted by Gasteiger charge is -2.10. The van der Waals surface area contributed by atoms with Gasteiger partial charge in [-0.2, -0.15) is 13.2 Å². The fraction of sp³-hybridized carbons (Fsp3) is 0.120. The van der Waals surface area contributed by atoms with Crippen LogP contribution in [0.2, 0.25) is 0 Å². The van der Waals surface area contributed by atoms with Crippen LogP contribution in [0.3, 0.4) is 0 Å². The zero-order chi connectivity index (χ0) is 24.3. The maximum atomic E-state index is 13.2. The molecule has 1 aromatic heterocycles. The number of alkyl halides is 3. The molecule has 174 valence electrons. The molecule has 0 bridgehead atoms. The van der Waals surface area contributed by atoms with Gasteiger partial charge in [-0.15, -0.1) is 0 Å². The highest BCUT2D eigenvalue weighted by Gasteiger charge is 2.30. The molecule has 3 aromatic carbocycles. The van der Waals surface area contributed by atoms with Crippen LogP contribution in [0.15, 0.2) is 82.2 Å². The molecule has 0 saturated heterocycles. The average Bonchev–Trinajstić information content (AvgIpc) is 2.83. The zero-order valence-corrected chi connectivity index (χ0v) is 18.1. The van der Waals surface area contributed by atoms with E-state index in [1.807, 2.05) is 0 Å². The fourth-order valence-corrected chi connectivity index (χ4v) is 3.27. The summed E-state index contributed by atoms with van der Waals surface area (Å²) in [7, 11) is 2.98. The summed E-state index contributed by atoms with van der Waals surface area (Å²) in [4.78, 5) is 17.4. The van der Waals surface area contributed by atoms with E-state index in [0.29, 0.717) is 28.2 Å². The number of ether oxygens (including phenoxy) is 2. The summed E-state index contributed by atoms with van der Waals surface area (Å²) in [5, 5.41) is 3.30. The van der Waals surface area contributed by atoms with Crippen molar-refractivity contribution in [2.75, 3.05) is 19.5 Å². The van der Waals surface area contributed by atoms with Gasteiger partial charge in [-0.3, -0.25) is 4.79 Å². The minimum atomic E-state index is -4.54. The van der Waals surface area contributed by atoms with Gasteiger partial charge in [-0.1, -0.05) is 18.2 Å². The van der Waals surface area contributed by atoms with E-state index in [1.165, 1.54) is 26.4 Å². The van der Waals surface area contributed by atoms with Crippen molar-refractivity contribution in [1.29, 1.82) is 0 Å². The largest absolute Gasteiger partial charge is 0.497 e. The van der Waals surface area contributed by atoms with Crippen LogP contribution in [0.5, 0.6) is 11.5 Å². The Labute approximate surface area is 192 Å². The number of nitrogens with zero attached hydrogens (tertiary/aromatic N) is 1. The van der Waals surface area contributed by atoms with Gasteiger partial charge in [0.05, 0.1) is 25.5 Å². The quantitative estimate of drug-likeness (QED) is 0.393. The molecule has 0 aliphatic heterocycles. The molecule has 1 heterocycles. The average molecular weight is 468 g/mol. The second-order valence-corrected chi connectivity index (χ2v) is 7.19. The molecule has 6 nitrogen and oxygen atoms in total. The number of benzene rings is 3. The van der Waals surface area contributed by atoms with Crippen molar-refractivity contribution < 1.29 is 31.9 Å². The van der Waals surface area contributed by atoms with Crippen LogP contribution in [0, 0.1) is 0 Å². The maximum absolute atomic E-state index is 13.2. The molecule has 9 heteroatoms. The molecular weight excluding hydrogens is 449 g/mol. The number of para-hydroxylation sites is 1. The molecule has 0 radical (unpaired) electrons. The number of fused-ring (bicyclic) bond motifs is 1. The van der Waals surface area contributed by atoms with Crippen LogP contribution in [0.25, 0.3) is 11.0 Å². The van der Waals surface area contributed by atoms with Crippen LogP contribution in [0.4, 0.5) is 24.5 Å². The number of nitrogens with one attached hydrogen (secondary N) is 1. The Kier molecular flexibility index (Phi) is 6.27. The molecule has 0 aliphatic rings. The monoisotopic (exact) mass is 468 g/mol. The van der Waals surface area contributed by atoms with Crippen LogP contribution in [0.1, 0.15) is 15.9 Å². The summed E-state index contributed by atoms with van der Waals surface area (Å²) in [6.45, 7) is 0. The molecule has 0 atom stereocenters. The Morgan fingerprint density at radius 2 is 1.68 bits per heavy atom. The maximum Gasteiger partial charge on any atom is 0.416 e. The van der Waals surface area contributed by atoms with Gasteiger partial charge in [0.15, 0.2) is 11.3 Å². The second-order valence-electron chi connectivity index (χ2n) is 7.19. The van der Waals surface area contributed by atoms with Crippen LogP contribution in [-0.4, -0.2) is 20.1 Å². The van der Waals surface area contributed by atoms with E-state index in [2.05, 4.69) is 10.3 Å². The molecule has 0 saturated carbocycles. The number of rotatable bonds is 5. The number of hydrogen-bond donors (Lipinski definition) is 1. The molecule has 4 rings (SSSR count). The van der Waals surface area contributed by atoms with Crippen LogP contribution in [-0.2, 0) is 6.18 Å². The zero-order valence-electron chi connectivity index (χ0n) is 18.1. The molecule has 34 heavy (non-hydrogen) atoms. The lowest BCUT2D eigenvalue weighted by atomic mass is 10.1. The number of hydrogen-bond acceptors (Lipinski definition) is 5. The first-order chi connectivity index (χ1) is 16.3. The Hall–Kier alpha value is -4.27. The molecular formula is C25H19F3N2O4. The molecule has 0 unspecified atom stereocenters. The van der Waals surface area contributed by atoms with E-state index in [1.54, 1.807) is 48.5 Å². The minimum Gasteiger partial charge on any atom is -0.497 e. The van der Waals surface area contributed by atoms with Gasteiger partial charge in [0.2, 0.25) is 5.55 Å². The summed E-state index contributed by atoms with van der Waals surface area (Å²) >= 11 is 0. The van der Waals surface area contributed by atoms with E-state index in [4.69, 9.17) is 13.9 Å². The SMILES string of the molecule is COc1ccc(NC(=O)c2cc3cccc(OC)c3oc2=Nc2cccc(C(F)(F)F)c2)cc1. The van der Waals surface area contributed by atoms with Crippen molar-refractivity contribution in [3.8, 4) is 11.5 Å². The van der Waals surface area contributed by atoms with Crippen molar-refractivity contribution in [3.63, 3.8) is 0 Å². The second kappa shape index (κ2) is 9.30. The number of halogens is 3. The van der Waals surface area contributed by atoms with Gasteiger partial charge in [0, 0.05) is 11.1 Å². The third-order valence-electron chi connectivity index (χ3n) is 4.95. The van der Waals surface area contributed by atoms with Gasteiger partial charge >= 0.3 is 6.18 Å². The molecule has 1 amide bonds. The van der Waals surface area contributed by atoms with Gasteiger partial charge in [0.1, 0.15) is 11.3 Å². The summed E-state index contributed by atoms with van der Waals surface area (Å²) < 4.78 is 55.8. The predicted octanol–water partition coefficient (Wildman–Crippen LogP) is 5.95. The predicted molar refractivity (Wildman–Crippen MR) is 120 cm³/mol. The molecule has 0 aliphatic carbocycles. The molecule has 1 N–H and O–H groups in total. The highest BCUT2D eigenvalue weighted by atomic mass is 19.4. The Balaban J connectivity index is 1.85. The smallest absolute Gasteiger partial charge is 0.416 e. The molecule has 4 aromatic rings. The number of carbonyl (C=O) groups excluding carboxylic acids is 1. The molecule has 0 fully saturated rings. The highest BCUT2D eigenvalue weighted by Crippen LogP contribution is 2.31. The van der Waals surface area contributed by atoms with Crippen molar-refractivity contribution in [3.05, 3.63) is 89.5 Å². The fourth-order valence-electron chi connectivity index (χ4n) is 3.27. The van der Waals surface area contributed by atoms with E-state index < -0.39 is 17.6 Å².